The maximum absolute atomic E-state index is 4.34. The highest BCUT2D eigenvalue weighted by molar-refractivity contribution is 4.91. The molecule has 1 aliphatic heterocycles. The Morgan fingerprint density at radius 2 is 2.17 bits per heavy atom. The van der Waals surface area contributed by atoms with Gasteiger partial charge in [-0.25, -0.2) is 4.98 Å². The topological polar surface area (TPSA) is 33.1 Å². The van der Waals surface area contributed by atoms with Crippen LogP contribution in [0.2, 0.25) is 0 Å². The molecule has 1 fully saturated rings. The molecule has 0 spiro atoms. The third-order valence-electron chi connectivity index (χ3n) is 4.03. The van der Waals surface area contributed by atoms with Crippen LogP contribution >= 0.6 is 0 Å². The Bertz CT molecular complexity index is 339. The van der Waals surface area contributed by atoms with E-state index in [4.69, 9.17) is 0 Å². The van der Waals surface area contributed by atoms with Crippen LogP contribution < -0.4 is 5.32 Å². The van der Waals surface area contributed by atoms with Gasteiger partial charge in [0.1, 0.15) is 5.82 Å². The summed E-state index contributed by atoms with van der Waals surface area (Å²) in [5, 5.41) is 3.58. The first-order valence-corrected chi connectivity index (χ1v) is 7.19. The number of likely N-dealkylation sites (tertiary alicyclic amines) is 1. The number of nitrogens with one attached hydrogen (secondary N) is 1. The van der Waals surface area contributed by atoms with Crippen molar-refractivity contribution in [3.63, 3.8) is 0 Å². The van der Waals surface area contributed by atoms with Crippen molar-refractivity contribution in [3.05, 3.63) is 18.2 Å². The van der Waals surface area contributed by atoms with Gasteiger partial charge in [0.15, 0.2) is 0 Å². The number of rotatable bonds is 6. The molecule has 18 heavy (non-hydrogen) atoms. The highest BCUT2D eigenvalue weighted by atomic mass is 15.1. The predicted molar refractivity (Wildman–Crippen MR) is 74.6 cm³/mol. The lowest BCUT2D eigenvalue weighted by Crippen LogP contribution is -2.37. The number of hydrogen-bond acceptors (Lipinski definition) is 3. The van der Waals surface area contributed by atoms with Crippen molar-refractivity contribution in [1.82, 2.24) is 19.8 Å². The van der Waals surface area contributed by atoms with E-state index in [0.29, 0.717) is 0 Å². The van der Waals surface area contributed by atoms with E-state index in [1.807, 2.05) is 12.4 Å². The Kier molecular flexibility index (Phi) is 5.20. The van der Waals surface area contributed by atoms with Crippen LogP contribution in [0.5, 0.6) is 0 Å². The van der Waals surface area contributed by atoms with Crippen molar-refractivity contribution in [2.45, 2.75) is 26.2 Å². The van der Waals surface area contributed by atoms with E-state index >= 15 is 0 Å². The van der Waals surface area contributed by atoms with Crippen LogP contribution in [0.4, 0.5) is 0 Å². The molecule has 1 aromatic heterocycles. The van der Waals surface area contributed by atoms with Crippen LogP contribution in [0.3, 0.4) is 0 Å². The van der Waals surface area contributed by atoms with E-state index in [-0.39, 0.29) is 0 Å². The Hall–Kier alpha value is -0.870. The van der Waals surface area contributed by atoms with Gasteiger partial charge in [-0.2, -0.15) is 0 Å². The summed E-state index contributed by atoms with van der Waals surface area (Å²) < 4.78 is 2.10. The van der Waals surface area contributed by atoms with Gasteiger partial charge in [-0.3, -0.25) is 0 Å². The third-order valence-corrected chi connectivity index (χ3v) is 4.03. The molecule has 0 aliphatic carbocycles. The number of piperidine rings is 1. The molecule has 2 rings (SSSR count). The summed E-state index contributed by atoms with van der Waals surface area (Å²) in [5.74, 6) is 2.04. The minimum Gasteiger partial charge on any atom is -0.338 e. The van der Waals surface area contributed by atoms with E-state index in [1.54, 1.807) is 0 Å². The molecule has 1 aromatic rings. The quantitative estimate of drug-likeness (QED) is 0.772. The Morgan fingerprint density at radius 1 is 1.39 bits per heavy atom. The molecule has 0 unspecified atom stereocenters. The molecule has 0 saturated carbocycles. The van der Waals surface area contributed by atoms with E-state index in [0.717, 1.165) is 18.9 Å². The number of imidazole rings is 1. The number of aryl methyl sites for hydroxylation is 1. The van der Waals surface area contributed by atoms with E-state index in [9.17, 15) is 0 Å². The van der Waals surface area contributed by atoms with Crippen LogP contribution in [0.1, 0.15) is 25.6 Å². The standard InChI is InChI=1S/C14H26N4/c1-3-18-9-5-13(6-10-18)12-15-7-4-14-16-8-11-17(14)2/h8,11,13,15H,3-7,9-10,12H2,1-2H3. The lowest BCUT2D eigenvalue weighted by Gasteiger charge is -2.31. The van der Waals surface area contributed by atoms with Crippen LogP contribution in [0.25, 0.3) is 0 Å². The molecule has 1 aliphatic rings. The van der Waals surface area contributed by atoms with Gasteiger partial charge < -0.3 is 14.8 Å². The lowest BCUT2D eigenvalue weighted by atomic mass is 9.97. The van der Waals surface area contributed by atoms with Crippen molar-refractivity contribution < 1.29 is 0 Å². The van der Waals surface area contributed by atoms with Gasteiger partial charge >= 0.3 is 0 Å². The molecule has 0 atom stereocenters. The molecule has 2 heterocycles. The molecule has 1 saturated heterocycles. The molecular weight excluding hydrogens is 224 g/mol. The average molecular weight is 250 g/mol. The van der Waals surface area contributed by atoms with Crippen molar-refractivity contribution in [3.8, 4) is 0 Å². The van der Waals surface area contributed by atoms with E-state index < -0.39 is 0 Å². The molecule has 1 N–H and O–H groups in total. The monoisotopic (exact) mass is 250 g/mol. The number of nitrogens with zero attached hydrogens (tertiary/aromatic N) is 3. The average Bonchev–Trinajstić information content (AvgIpc) is 2.81. The second-order valence-electron chi connectivity index (χ2n) is 5.29. The van der Waals surface area contributed by atoms with Gasteiger partial charge in [0.25, 0.3) is 0 Å². The SMILES string of the molecule is CCN1CCC(CNCCc2nccn2C)CC1. The normalized spacial score (nSPS) is 18.3. The highest BCUT2D eigenvalue weighted by Crippen LogP contribution is 2.15. The van der Waals surface area contributed by atoms with Crippen LogP contribution in [-0.4, -0.2) is 47.2 Å². The van der Waals surface area contributed by atoms with E-state index in [1.165, 1.54) is 44.8 Å². The summed E-state index contributed by atoms with van der Waals surface area (Å²) in [6.45, 7) is 8.23. The second kappa shape index (κ2) is 6.90. The van der Waals surface area contributed by atoms with Crippen molar-refractivity contribution in [1.29, 1.82) is 0 Å². The molecule has 4 nitrogen and oxygen atoms in total. The Labute approximate surface area is 110 Å². The molecule has 0 amide bonds. The summed E-state index contributed by atoms with van der Waals surface area (Å²) in [5.41, 5.74) is 0. The first-order valence-electron chi connectivity index (χ1n) is 7.19. The summed E-state index contributed by atoms with van der Waals surface area (Å²) in [7, 11) is 2.06. The zero-order valence-electron chi connectivity index (χ0n) is 11.7. The van der Waals surface area contributed by atoms with Gasteiger partial charge in [0.05, 0.1) is 0 Å². The smallest absolute Gasteiger partial charge is 0.109 e. The van der Waals surface area contributed by atoms with Crippen molar-refractivity contribution in [2.24, 2.45) is 13.0 Å². The van der Waals surface area contributed by atoms with Gasteiger partial charge in [-0.05, 0) is 44.9 Å². The summed E-state index contributed by atoms with van der Waals surface area (Å²) in [6.07, 6.45) is 7.61. The van der Waals surface area contributed by atoms with Gasteiger partial charge in [0.2, 0.25) is 0 Å². The Balaban J connectivity index is 1.58. The molecule has 0 radical (unpaired) electrons. The zero-order valence-corrected chi connectivity index (χ0v) is 11.7. The molecule has 102 valence electrons. The van der Waals surface area contributed by atoms with Gasteiger partial charge in [-0.15, -0.1) is 0 Å². The first kappa shape index (κ1) is 13.6. The molecule has 0 bridgehead atoms. The zero-order chi connectivity index (χ0) is 12.8. The lowest BCUT2D eigenvalue weighted by molar-refractivity contribution is 0.190. The van der Waals surface area contributed by atoms with Crippen LogP contribution in [0.15, 0.2) is 12.4 Å². The first-order chi connectivity index (χ1) is 8.79. The highest BCUT2D eigenvalue weighted by Gasteiger charge is 2.17. The molecule has 4 heteroatoms. The Morgan fingerprint density at radius 3 is 2.78 bits per heavy atom. The van der Waals surface area contributed by atoms with Crippen molar-refractivity contribution >= 4 is 0 Å². The second-order valence-corrected chi connectivity index (χ2v) is 5.29. The fourth-order valence-electron chi connectivity index (χ4n) is 2.65. The number of hydrogen-bond donors (Lipinski definition) is 1. The predicted octanol–water partition coefficient (Wildman–Crippen LogP) is 1.28. The largest absolute Gasteiger partial charge is 0.338 e. The fourth-order valence-corrected chi connectivity index (χ4v) is 2.65. The number of aromatic nitrogens is 2. The minimum absolute atomic E-state index is 0.870. The minimum atomic E-state index is 0.870. The van der Waals surface area contributed by atoms with Crippen LogP contribution in [-0.2, 0) is 13.5 Å². The maximum Gasteiger partial charge on any atom is 0.109 e. The molecular formula is C14H26N4. The molecule has 0 aromatic carbocycles. The summed E-state index contributed by atoms with van der Waals surface area (Å²) in [6, 6.07) is 0. The van der Waals surface area contributed by atoms with Crippen LogP contribution in [0, 0.1) is 5.92 Å². The van der Waals surface area contributed by atoms with E-state index in [2.05, 4.69) is 33.7 Å². The third kappa shape index (κ3) is 3.82. The maximum atomic E-state index is 4.34. The summed E-state index contributed by atoms with van der Waals surface area (Å²) in [4.78, 5) is 6.88. The van der Waals surface area contributed by atoms with Gasteiger partial charge in [-0.1, -0.05) is 6.92 Å². The fraction of sp³-hybridized carbons (Fsp3) is 0.786. The van der Waals surface area contributed by atoms with Crippen molar-refractivity contribution in [2.75, 3.05) is 32.7 Å². The van der Waals surface area contributed by atoms with Gasteiger partial charge in [0, 0.05) is 32.4 Å². The summed E-state index contributed by atoms with van der Waals surface area (Å²) >= 11 is 0.